The first-order valence-corrected chi connectivity index (χ1v) is 5.89. The van der Waals surface area contributed by atoms with Crippen LogP contribution in [0.25, 0.3) is 0 Å². The second kappa shape index (κ2) is 5.00. The van der Waals surface area contributed by atoms with E-state index in [0.29, 0.717) is 18.1 Å². The lowest BCUT2D eigenvalue weighted by atomic mass is 9.85. The van der Waals surface area contributed by atoms with Crippen molar-refractivity contribution in [1.82, 2.24) is 9.78 Å². The van der Waals surface area contributed by atoms with Gasteiger partial charge in [-0.1, -0.05) is 6.42 Å². The Kier molecular flexibility index (Phi) is 3.43. The quantitative estimate of drug-likeness (QED) is 0.743. The minimum absolute atomic E-state index is 0.133. The van der Waals surface area contributed by atoms with E-state index in [1.807, 2.05) is 6.07 Å². The second-order valence-electron chi connectivity index (χ2n) is 4.24. The summed E-state index contributed by atoms with van der Waals surface area (Å²) in [6.45, 7) is 2.81. The van der Waals surface area contributed by atoms with Crippen LogP contribution in [0.15, 0.2) is 6.20 Å². The SMILES string of the molecule is CCOC(=O)c1nn(CC2CCC2)cc1C#N. The predicted octanol–water partition coefficient (Wildman–Crippen LogP) is 1.73. The molecule has 1 aliphatic carbocycles. The van der Waals surface area contributed by atoms with Crippen LogP contribution in [-0.2, 0) is 11.3 Å². The molecular weight excluding hydrogens is 218 g/mol. The van der Waals surface area contributed by atoms with Gasteiger partial charge in [-0.3, -0.25) is 4.68 Å². The molecule has 17 heavy (non-hydrogen) atoms. The number of hydrogen-bond acceptors (Lipinski definition) is 4. The van der Waals surface area contributed by atoms with Gasteiger partial charge in [0.05, 0.1) is 6.61 Å². The molecule has 2 rings (SSSR count). The molecule has 0 N–H and O–H groups in total. The van der Waals surface area contributed by atoms with Crippen LogP contribution in [-0.4, -0.2) is 22.4 Å². The summed E-state index contributed by atoms with van der Waals surface area (Å²) >= 11 is 0. The summed E-state index contributed by atoms with van der Waals surface area (Å²) in [4.78, 5) is 11.6. The number of aromatic nitrogens is 2. The Morgan fingerprint density at radius 3 is 3.00 bits per heavy atom. The number of carbonyl (C=O) groups is 1. The van der Waals surface area contributed by atoms with Gasteiger partial charge in [0, 0.05) is 12.7 Å². The summed E-state index contributed by atoms with van der Waals surface area (Å²) in [5, 5.41) is 13.1. The molecular formula is C12H15N3O2. The van der Waals surface area contributed by atoms with Gasteiger partial charge in [-0.2, -0.15) is 10.4 Å². The van der Waals surface area contributed by atoms with Gasteiger partial charge < -0.3 is 4.74 Å². The van der Waals surface area contributed by atoms with Crippen LogP contribution in [0.3, 0.4) is 0 Å². The third-order valence-corrected chi connectivity index (χ3v) is 3.02. The fourth-order valence-corrected chi connectivity index (χ4v) is 1.89. The van der Waals surface area contributed by atoms with Crippen molar-refractivity contribution in [3.63, 3.8) is 0 Å². The fourth-order valence-electron chi connectivity index (χ4n) is 1.89. The van der Waals surface area contributed by atoms with E-state index in [1.54, 1.807) is 17.8 Å². The van der Waals surface area contributed by atoms with Crippen LogP contribution in [0.1, 0.15) is 42.2 Å². The van der Waals surface area contributed by atoms with Crippen molar-refractivity contribution in [2.45, 2.75) is 32.7 Å². The summed E-state index contributed by atoms with van der Waals surface area (Å²) in [7, 11) is 0. The van der Waals surface area contributed by atoms with Crippen LogP contribution in [0.4, 0.5) is 0 Å². The molecule has 1 aromatic heterocycles. The maximum Gasteiger partial charge on any atom is 0.360 e. The Bertz CT molecular complexity index is 455. The Hall–Kier alpha value is -1.83. The maximum absolute atomic E-state index is 11.6. The van der Waals surface area contributed by atoms with Crippen molar-refractivity contribution in [3.05, 3.63) is 17.5 Å². The molecule has 0 aliphatic heterocycles. The van der Waals surface area contributed by atoms with Crippen molar-refractivity contribution >= 4 is 5.97 Å². The Morgan fingerprint density at radius 2 is 2.47 bits per heavy atom. The smallest absolute Gasteiger partial charge is 0.360 e. The van der Waals surface area contributed by atoms with E-state index in [9.17, 15) is 4.79 Å². The van der Waals surface area contributed by atoms with Crippen molar-refractivity contribution < 1.29 is 9.53 Å². The van der Waals surface area contributed by atoms with Crippen LogP contribution < -0.4 is 0 Å². The Labute approximate surface area is 100.0 Å². The molecule has 1 aromatic rings. The average molecular weight is 233 g/mol. The second-order valence-corrected chi connectivity index (χ2v) is 4.24. The molecule has 90 valence electrons. The first-order chi connectivity index (χ1) is 8.24. The number of nitrogens with zero attached hydrogens (tertiary/aromatic N) is 3. The number of hydrogen-bond donors (Lipinski definition) is 0. The summed E-state index contributed by atoms with van der Waals surface area (Å²) in [5.74, 6) is 0.118. The topological polar surface area (TPSA) is 67.9 Å². The van der Waals surface area contributed by atoms with Crippen LogP contribution in [0.2, 0.25) is 0 Å². The molecule has 0 atom stereocenters. The van der Waals surface area contributed by atoms with E-state index in [1.165, 1.54) is 19.3 Å². The number of ether oxygens (including phenoxy) is 1. The van der Waals surface area contributed by atoms with Crippen molar-refractivity contribution in [2.24, 2.45) is 5.92 Å². The molecule has 1 heterocycles. The molecule has 0 bridgehead atoms. The number of carbonyl (C=O) groups excluding carboxylic acids is 1. The third kappa shape index (κ3) is 2.47. The monoisotopic (exact) mass is 233 g/mol. The lowest BCUT2D eigenvalue weighted by Gasteiger charge is -2.24. The zero-order valence-electron chi connectivity index (χ0n) is 9.85. The summed E-state index contributed by atoms with van der Waals surface area (Å²) in [5.41, 5.74) is 0.427. The molecule has 0 unspecified atom stereocenters. The molecule has 1 aliphatic rings. The van der Waals surface area contributed by atoms with Crippen LogP contribution in [0, 0.1) is 17.2 Å². The average Bonchev–Trinajstić information content (AvgIpc) is 2.67. The molecule has 5 heteroatoms. The third-order valence-electron chi connectivity index (χ3n) is 3.02. The van der Waals surface area contributed by atoms with Crippen molar-refractivity contribution in [3.8, 4) is 6.07 Å². The lowest BCUT2D eigenvalue weighted by molar-refractivity contribution is 0.0517. The van der Waals surface area contributed by atoms with E-state index in [4.69, 9.17) is 10.00 Å². The largest absolute Gasteiger partial charge is 0.461 e. The highest BCUT2D eigenvalue weighted by Crippen LogP contribution is 2.27. The van der Waals surface area contributed by atoms with E-state index in [-0.39, 0.29) is 5.69 Å². The highest BCUT2D eigenvalue weighted by molar-refractivity contribution is 5.89. The van der Waals surface area contributed by atoms with E-state index >= 15 is 0 Å². The van der Waals surface area contributed by atoms with Gasteiger partial charge in [-0.25, -0.2) is 4.79 Å². The van der Waals surface area contributed by atoms with Gasteiger partial charge in [0.1, 0.15) is 11.6 Å². The molecule has 5 nitrogen and oxygen atoms in total. The first-order valence-electron chi connectivity index (χ1n) is 5.89. The Morgan fingerprint density at radius 1 is 1.71 bits per heavy atom. The summed E-state index contributed by atoms with van der Waals surface area (Å²) < 4.78 is 6.55. The summed E-state index contributed by atoms with van der Waals surface area (Å²) in [6, 6.07) is 1.98. The molecule has 0 radical (unpaired) electrons. The van der Waals surface area contributed by atoms with Crippen molar-refractivity contribution in [1.29, 1.82) is 5.26 Å². The van der Waals surface area contributed by atoms with Gasteiger partial charge in [-0.15, -0.1) is 0 Å². The van der Waals surface area contributed by atoms with E-state index < -0.39 is 5.97 Å². The maximum atomic E-state index is 11.6. The highest BCUT2D eigenvalue weighted by atomic mass is 16.5. The molecule has 1 saturated carbocycles. The van der Waals surface area contributed by atoms with Gasteiger partial charge in [-0.05, 0) is 25.7 Å². The first kappa shape index (κ1) is 11.6. The minimum atomic E-state index is -0.517. The van der Waals surface area contributed by atoms with Crippen LogP contribution >= 0.6 is 0 Å². The van der Waals surface area contributed by atoms with Gasteiger partial charge in [0.15, 0.2) is 5.69 Å². The number of esters is 1. The number of nitriles is 1. The van der Waals surface area contributed by atoms with E-state index in [0.717, 1.165) is 6.54 Å². The van der Waals surface area contributed by atoms with Crippen molar-refractivity contribution in [2.75, 3.05) is 6.61 Å². The molecule has 1 fully saturated rings. The fraction of sp³-hybridized carbons (Fsp3) is 0.583. The van der Waals surface area contributed by atoms with Gasteiger partial charge in [0.25, 0.3) is 0 Å². The zero-order valence-corrected chi connectivity index (χ0v) is 9.85. The van der Waals surface area contributed by atoms with E-state index in [2.05, 4.69) is 5.10 Å². The molecule has 0 spiro atoms. The molecule has 0 aromatic carbocycles. The van der Waals surface area contributed by atoms with Crippen LogP contribution in [0.5, 0.6) is 0 Å². The molecule has 0 amide bonds. The normalized spacial score (nSPS) is 15.1. The zero-order chi connectivity index (χ0) is 12.3. The number of rotatable bonds is 4. The van der Waals surface area contributed by atoms with Gasteiger partial charge >= 0.3 is 5.97 Å². The predicted molar refractivity (Wildman–Crippen MR) is 60.2 cm³/mol. The lowest BCUT2D eigenvalue weighted by Crippen LogP contribution is -2.18. The Balaban J connectivity index is 2.14. The standard InChI is InChI=1S/C12H15N3O2/c1-2-17-12(16)11-10(6-13)8-15(14-11)7-9-4-3-5-9/h8-9H,2-5,7H2,1H3. The van der Waals surface area contributed by atoms with Gasteiger partial charge in [0.2, 0.25) is 0 Å². The highest BCUT2D eigenvalue weighted by Gasteiger charge is 2.22. The summed E-state index contributed by atoms with van der Waals surface area (Å²) in [6.07, 6.45) is 5.30. The molecule has 0 saturated heterocycles. The minimum Gasteiger partial charge on any atom is -0.461 e.